The van der Waals surface area contributed by atoms with Crippen LogP contribution in [0.15, 0.2) is 9.98 Å². The molecular weight excluding hydrogens is 628 g/mol. The number of hydrogen-bond acceptors (Lipinski definition) is 7. The Labute approximate surface area is 281 Å². The topological polar surface area (TPSA) is 274 Å². The summed E-state index contributed by atoms with van der Waals surface area (Å²) in [6, 6.07) is -1.87. The van der Waals surface area contributed by atoms with Crippen molar-refractivity contribution in [3.8, 4) is 0 Å². The van der Waals surface area contributed by atoms with E-state index in [1.165, 1.54) is 0 Å². The fourth-order valence-electron chi connectivity index (χ4n) is 4.91. The van der Waals surface area contributed by atoms with E-state index in [9.17, 15) is 27.4 Å². The molecule has 17 heteroatoms. The molecule has 3 amide bonds. The van der Waals surface area contributed by atoms with Gasteiger partial charge in [0.2, 0.25) is 17.7 Å². The van der Waals surface area contributed by atoms with Crippen molar-refractivity contribution in [1.82, 2.24) is 20.3 Å². The molecular formula is C30H62N10O6S. The predicted molar refractivity (Wildman–Crippen MR) is 186 cm³/mol. The highest BCUT2D eigenvalue weighted by Gasteiger charge is 2.33. The summed E-state index contributed by atoms with van der Waals surface area (Å²) in [5.74, 6) is -1.50. The Morgan fingerprint density at radius 3 is 1.87 bits per heavy atom. The number of unbranched alkanes of at least 4 members (excludes halogenated alkanes) is 8. The second kappa shape index (κ2) is 25.9. The van der Waals surface area contributed by atoms with Crippen molar-refractivity contribution in [2.24, 2.45) is 38.8 Å². The van der Waals surface area contributed by atoms with E-state index in [0.29, 0.717) is 62.6 Å². The number of nitrogens with two attached hydrogens (primary N) is 4. The number of hydrogen-bond donors (Lipinski definition) is 8. The van der Waals surface area contributed by atoms with Gasteiger partial charge in [-0.15, -0.1) is 0 Å². The van der Waals surface area contributed by atoms with Crippen LogP contribution in [0.1, 0.15) is 111 Å². The quantitative estimate of drug-likeness (QED) is 0.0248. The summed E-state index contributed by atoms with van der Waals surface area (Å²) in [7, 11) is -4.88. The maximum Gasteiger partial charge on any atom is 0.336 e. The van der Waals surface area contributed by atoms with Gasteiger partial charge < -0.3 is 38.9 Å². The van der Waals surface area contributed by atoms with Gasteiger partial charge in [-0.3, -0.25) is 28.9 Å². The van der Waals surface area contributed by atoms with Gasteiger partial charge >= 0.3 is 10.3 Å². The van der Waals surface area contributed by atoms with Crippen LogP contribution >= 0.6 is 0 Å². The van der Waals surface area contributed by atoms with Crippen molar-refractivity contribution in [2.45, 2.75) is 123 Å². The van der Waals surface area contributed by atoms with Crippen LogP contribution in [0.25, 0.3) is 0 Å². The zero-order valence-electron chi connectivity index (χ0n) is 28.7. The summed E-state index contributed by atoms with van der Waals surface area (Å²) >= 11 is 0. The maximum absolute atomic E-state index is 13.2. The molecule has 0 aliphatic carbocycles. The molecule has 2 unspecified atom stereocenters. The number of amides is 3. The minimum absolute atomic E-state index is 0.00479. The zero-order chi connectivity index (χ0) is 35.7. The molecule has 0 aromatic carbocycles. The van der Waals surface area contributed by atoms with Gasteiger partial charge in [0.25, 0.3) is 0 Å². The van der Waals surface area contributed by atoms with E-state index >= 15 is 0 Å². The van der Waals surface area contributed by atoms with Crippen LogP contribution in [0, 0.1) is 5.92 Å². The lowest BCUT2D eigenvalue weighted by molar-refractivity contribution is -0.129. The molecule has 12 N–H and O–H groups in total. The Kier molecular flexibility index (Phi) is 24.1. The lowest BCUT2D eigenvalue weighted by Gasteiger charge is -2.29. The minimum atomic E-state index is -4.88. The third-order valence-corrected chi connectivity index (χ3v) is 8.32. The Bertz CT molecular complexity index is 1060. The third-order valence-electron chi connectivity index (χ3n) is 7.30. The summed E-state index contributed by atoms with van der Waals surface area (Å²) in [4.78, 5) is 46.8. The summed E-state index contributed by atoms with van der Waals surface area (Å²) in [5, 5.41) is 8.22. The van der Waals surface area contributed by atoms with E-state index in [0.717, 1.165) is 44.9 Å². The molecule has 0 spiro atoms. The first-order valence-corrected chi connectivity index (χ1v) is 18.3. The molecule has 0 aliphatic heterocycles. The molecule has 0 heterocycles. The van der Waals surface area contributed by atoms with Crippen LogP contribution in [0.2, 0.25) is 0 Å². The van der Waals surface area contributed by atoms with E-state index in [1.54, 1.807) is 0 Å². The van der Waals surface area contributed by atoms with Gasteiger partial charge in [0.05, 0.1) is 6.54 Å². The summed E-state index contributed by atoms with van der Waals surface area (Å²) in [5.41, 5.74) is 21.3. The molecule has 0 radical (unpaired) electrons. The standard InChI is InChI=1S/C30H62N10O6S/c1-4-5-6-7-8-10-15-24(21-26(41)35-16-11-9-12-18-37-29(31)32)40(47(44,45)46)22-27(42)39-25(20-23(2)3)28(43)36-17-13-14-19-38-30(33)34/h23-25H,4-22H2,1-3H3,(H,35,41)(H,36,43)(H,39,42)(H4,31,32,37)(H4,33,34,38)(H,44,45,46). The number of guanidine groups is 2. The predicted octanol–water partition coefficient (Wildman–Crippen LogP) is 0.861. The lowest BCUT2D eigenvalue weighted by Crippen LogP contribution is -2.52. The molecule has 0 fully saturated rings. The van der Waals surface area contributed by atoms with Gasteiger partial charge in [-0.05, 0) is 50.9 Å². The highest BCUT2D eigenvalue weighted by Crippen LogP contribution is 2.18. The first-order chi connectivity index (χ1) is 22.2. The van der Waals surface area contributed by atoms with Gasteiger partial charge in [-0.1, -0.05) is 59.3 Å². The van der Waals surface area contributed by atoms with E-state index in [2.05, 4.69) is 32.9 Å². The van der Waals surface area contributed by atoms with Gasteiger partial charge in [0.1, 0.15) is 6.04 Å². The minimum Gasteiger partial charge on any atom is -0.370 e. The first-order valence-electron chi connectivity index (χ1n) is 16.9. The molecule has 274 valence electrons. The van der Waals surface area contributed by atoms with Gasteiger partial charge in [-0.2, -0.15) is 12.7 Å². The van der Waals surface area contributed by atoms with Crippen molar-refractivity contribution in [2.75, 3.05) is 32.7 Å². The Morgan fingerprint density at radius 2 is 1.30 bits per heavy atom. The van der Waals surface area contributed by atoms with Crippen molar-refractivity contribution in [3.63, 3.8) is 0 Å². The maximum atomic E-state index is 13.2. The molecule has 0 aromatic heterocycles. The Hall–Kier alpha value is -3.18. The highest BCUT2D eigenvalue weighted by molar-refractivity contribution is 7.83. The van der Waals surface area contributed by atoms with E-state index in [-0.39, 0.29) is 30.7 Å². The molecule has 2 atom stereocenters. The lowest BCUT2D eigenvalue weighted by atomic mass is 10.0. The van der Waals surface area contributed by atoms with Gasteiger partial charge in [0, 0.05) is 38.6 Å². The summed E-state index contributed by atoms with van der Waals surface area (Å²) in [6.45, 7) is 6.79. The molecule has 47 heavy (non-hydrogen) atoms. The molecule has 0 saturated carbocycles. The molecule has 0 bridgehead atoms. The summed E-state index contributed by atoms with van der Waals surface area (Å²) in [6.07, 6.45) is 9.43. The SMILES string of the molecule is CCCCCCCCC(CC(=O)NCCCCCN=C(N)N)N(CC(=O)NC(CC(C)C)C(=O)NCCCCN=C(N)N)S(=O)(=O)O. The smallest absolute Gasteiger partial charge is 0.336 e. The molecule has 0 aromatic rings. The second-order valence-electron chi connectivity index (χ2n) is 12.2. The number of carbonyl (C=O) groups excluding carboxylic acids is 3. The first kappa shape index (κ1) is 43.8. The Balaban J connectivity index is 5.48. The molecule has 0 rings (SSSR count). The number of carbonyl (C=O) groups is 3. The van der Waals surface area contributed by atoms with Crippen LogP contribution < -0.4 is 38.9 Å². The van der Waals surface area contributed by atoms with E-state index < -0.39 is 46.7 Å². The summed E-state index contributed by atoms with van der Waals surface area (Å²) < 4.78 is 36.0. The van der Waals surface area contributed by atoms with Gasteiger partial charge in [-0.25, -0.2) is 0 Å². The highest BCUT2D eigenvalue weighted by atomic mass is 32.2. The van der Waals surface area contributed by atoms with Crippen LogP contribution in [0.4, 0.5) is 0 Å². The normalized spacial score (nSPS) is 12.7. The zero-order valence-corrected chi connectivity index (χ0v) is 29.5. The van der Waals surface area contributed by atoms with Gasteiger partial charge in [0.15, 0.2) is 11.9 Å². The average molecular weight is 691 g/mol. The number of aliphatic imine (C=N–C) groups is 2. The molecule has 16 nitrogen and oxygen atoms in total. The van der Waals surface area contributed by atoms with Crippen molar-refractivity contribution in [1.29, 1.82) is 0 Å². The molecule has 0 saturated heterocycles. The van der Waals surface area contributed by atoms with Crippen molar-refractivity contribution in [3.05, 3.63) is 0 Å². The van der Waals surface area contributed by atoms with Crippen molar-refractivity contribution < 1.29 is 27.4 Å². The fraction of sp³-hybridized carbons (Fsp3) is 0.833. The van der Waals surface area contributed by atoms with Crippen molar-refractivity contribution >= 4 is 39.9 Å². The van der Waals surface area contributed by atoms with E-state index in [1.807, 2.05) is 13.8 Å². The van der Waals surface area contributed by atoms with E-state index in [4.69, 9.17) is 22.9 Å². The second-order valence-corrected chi connectivity index (χ2v) is 13.6. The number of nitrogens with zero attached hydrogens (tertiary/aromatic N) is 3. The Morgan fingerprint density at radius 1 is 0.766 bits per heavy atom. The average Bonchev–Trinajstić information content (AvgIpc) is 2.96. The van der Waals surface area contributed by atoms with Crippen LogP contribution in [-0.2, 0) is 24.7 Å². The largest absolute Gasteiger partial charge is 0.370 e. The number of nitrogens with one attached hydrogen (secondary N) is 3. The van der Waals surface area contributed by atoms with Crippen LogP contribution in [0.5, 0.6) is 0 Å². The van der Waals surface area contributed by atoms with Crippen LogP contribution in [-0.4, -0.2) is 91.7 Å². The monoisotopic (exact) mass is 690 g/mol. The molecule has 0 aliphatic rings. The number of rotatable bonds is 28. The van der Waals surface area contributed by atoms with Crippen LogP contribution in [0.3, 0.4) is 0 Å². The fourth-order valence-corrected chi connectivity index (χ4v) is 5.74. The third kappa shape index (κ3) is 24.6.